The third kappa shape index (κ3) is 2.75. The van der Waals surface area contributed by atoms with Gasteiger partial charge < -0.3 is 9.73 Å². The topological polar surface area (TPSA) is 25.2 Å². The van der Waals surface area contributed by atoms with Crippen LogP contribution in [0.25, 0.3) is 11.0 Å². The van der Waals surface area contributed by atoms with Crippen LogP contribution in [0.1, 0.15) is 38.5 Å². The first-order valence-corrected chi connectivity index (χ1v) is 7.06. The molecule has 0 saturated heterocycles. The van der Waals surface area contributed by atoms with Gasteiger partial charge in [-0.15, -0.1) is 0 Å². The molecule has 4 heteroatoms. The van der Waals surface area contributed by atoms with E-state index >= 15 is 0 Å². The number of benzene rings is 1. The van der Waals surface area contributed by atoms with Crippen molar-refractivity contribution in [3.8, 4) is 0 Å². The molecule has 0 aliphatic carbocycles. The lowest BCUT2D eigenvalue weighted by Crippen LogP contribution is -2.20. The van der Waals surface area contributed by atoms with Gasteiger partial charge in [0.15, 0.2) is 0 Å². The predicted octanol–water partition coefficient (Wildman–Crippen LogP) is 4.79. The second-order valence-electron chi connectivity index (χ2n) is 4.35. The number of furan rings is 1. The molecule has 1 atom stereocenters. The summed E-state index contributed by atoms with van der Waals surface area (Å²) in [7, 11) is 0. The fourth-order valence-corrected chi connectivity index (χ4v) is 2.68. The molecule has 1 aromatic carbocycles. The summed E-state index contributed by atoms with van der Waals surface area (Å²) in [5.74, 6) is 0.622. The fourth-order valence-electron chi connectivity index (χ4n) is 2.15. The van der Waals surface area contributed by atoms with Crippen LogP contribution in [0.15, 0.2) is 27.1 Å². The molecule has 1 N–H and O–H groups in total. The van der Waals surface area contributed by atoms with Crippen molar-refractivity contribution in [2.75, 3.05) is 6.54 Å². The first-order chi connectivity index (χ1) is 8.65. The lowest BCUT2D eigenvalue weighted by atomic mass is 10.1. The monoisotopic (exact) mass is 313 g/mol. The first-order valence-electron chi connectivity index (χ1n) is 6.27. The van der Waals surface area contributed by atoms with E-state index in [0.29, 0.717) is 10.1 Å². The minimum Gasteiger partial charge on any atom is -0.458 e. The second-order valence-corrected chi connectivity index (χ2v) is 5.21. The summed E-state index contributed by atoms with van der Waals surface area (Å²) in [5, 5.41) is 4.19. The van der Waals surface area contributed by atoms with Crippen LogP contribution in [0.2, 0.25) is 0 Å². The molecule has 2 aromatic rings. The van der Waals surface area contributed by atoms with Gasteiger partial charge in [-0.3, -0.25) is 0 Å². The summed E-state index contributed by atoms with van der Waals surface area (Å²) in [6.07, 6.45) is 2.08. The molecule has 1 unspecified atom stereocenters. The molecule has 2 nitrogen and oxygen atoms in total. The van der Waals surface area contributed by atoms with Crippen LogP contribution in [0.4, 0.5) is 4.39 Å². The molecule has 2 rings (SSSR count). The number of fused-ring (bicyclic) bond motifs is 1. The Balaban J connectivity index is 2.41. The summed E-state index contributed by atoms with van der Waals surface area (Å²) >= 11 is 3.33. The van der Waals surface area contributed by atoms with Crippen molar-refractivity contribution in [3.05, 3.63) is 34.2 Å². The molecule has 0 saturated carbocycles. The molecular formula is C14H17BrFNO. The zero-order valence-corrected chi connectivity index (χ0v) is 12.2. The molecule has 0 amide bonds. The van der Waals surface area contributed by atoms with Crippen molar-refractivity contribution in [1.82, 2.24) is 5.32 Å². The van der Waals surface area contributed by atoms with Crippen LogP contribution in [0.5, 0.6) is 0 Å². The Hall–Kier alpha value is -0.870. The van der Waals surface area contributed by atoms with E-state index in [4.69, 9.17) is 4.42 Å². The Bertz CT molecular complexity index is 532. The molecule has 18 heavy (non-hydrogen) atoms. The average Bonchev–Trinajstić information content (AvgIpc) is 2.72. The third-order valence-electron chi connectivity index (χ3n) is 2.93. The summed E-state index contributed by atoms with van der Waals surface area (Å²) in [6.45, 7) is 5.10. The highest BCUT2D eigenvalue weighted by Gasteiger charge is 2.16. The van der Waals surface area contributed by atoms with Crippen LogP contribution < -0.4 is 5.32 Å². The minimum atomic E-state index is -0.253. The van der Waals surface area contributed by atoms with Crippen LogP contribution in [-0.4, -0.2) is 6.54 Å². The van der Waals surface area contributed by atoms with Crippen LogP contribution in [-0.2, 0) is 0 Å². The number of halogens is 2. The predicted molar refractivity (Wildman–Crippen MR) is 75.2 cm³/mol. The lowest BCUT2D eigenvalue weighted by molar-refractivity contribution is 0.414. The zero-order valence-electron chi connectivity index (χ0n) is 10.6. The Morgan fingerprint density at radius 3 is 2.78 bits per heavy atom. The molecule has 98 valence electrons. The van der Waals surface area contributed by atoms with Gasteiger partial charge in [0.25, 0.3) is 0 Å². The standard InChI is InChI=1S/C14H17BrFNO/c1-3-5-12(17-4-2)13-7-9-6-10(16)8-11(15)14(9)18-13/h6-8,12,17H,3-5H2,1-2H3. The maximum atomic E-state index is 13.3. The van der Waals surface area contributed by atoms with Crippen molar-refractivity contribution in [2.45, 2.75) is 32.7 Å². The van der Waals surface area contributed by atoms with Gasteiger partial charge in [0.1, 0.15) is 17.2 Å². The van der Waals surface area contributed by atoms with Gasteiger partial charge in [-0.25, -0.2) is 4.39 Å². The minimum absolute atomic E-state index is 0.197. The van der Waals surface area contributed by atoms with Crippen molar-refractivity contribution < 1.29 is 8.81 Å². The molecule has 1 heterocycles. The molecular weight excluding hydrogens is 297 g/mol. The highest BCUT2D eigenvalue weighted by molar-refractivity contribution is 9.10. The van der Waals surface area contributed by atoms with E-state index in [1.165, 1.54) is 12.1 Å². The van der Waals surface area contributed by atoms with Crippen molar-refractivity contribution >= 4 is 26.9 Å². The lowest BCUT2D eigenvalue weighted by Gasteiger charge is -2.13. The van der Waals surface area contributed by atoms with Gasteiger partial charge in [0, 0.05) is 5.39 Å². The quantitative estimate of drug-likeness (QED) is 0.859. The van der Waals surface area contributed by atoms with Crippen molar-refractivity contribution in [3.63, 3.8) is 0 Å². The summed E-state index contributed by atoms with van der Waals surface area (Å²) in [6, 6.07) is 5.05. The third-order valence-corrected chi connectivity index (χ3v) is 3.52. The zero-order chi connectivity index (χ0) is 13.1. The van der Waals surface area contributed by atoms with Gasteiger partial charge in [-0.05, 0) is 47.1 Å². The van der Waals surface area contributed by atoms with Gasteiger partial charge in [-0.2, -0.15) is 0 Å². The van der Waals surface area contributed by atoms with Crippen molar-refractivity contribution in [2.24, 2.45) is 0 Å². The van der Waals surface area contributed by atoms with E-state index in [1.807, 2.05) is 6.07 Å². The van der Waals surface area contributed by atoms with Gasteiger partial charge in [0.05, 0.1) is 10.5 Å². The summed E-state index contributed by atoms with van der Waals surface area (Å²) in [5.41, 5.74) is 0.713. The number of nitrogens with one attached hydrogen (secondary N) is 1. The Morgan fingerprint density at radius 2 is 2.11 bits per heavy atom. The number of rotatable bonds is 5. The highest BCUT2D eigenvalue weighted by Crippen LogP contribution is 2.32. The largest absolute Gasteiger partial charge is 0.458 e. The van der Waals surface area contributed by atoms with E-state index in [0.717, 1.165) is 30.5 Å². The number of hydrogen-bond acceptors (Lipinski definition) is 2. The Labute approximate surface area is 115 Å². The van der Waals surface area contributed by atoms with Gasteiger partial charge >= 0.3 is 0 Å². The summed E-state index contributed by atoms with van der Waals surface area (Å²) in [4.78, 5) is 0. The van der Waals surface area contributed by atoms with Gasteiger partial charge in [0.2, 0.25) is 0 Å². The molecule has 0 bridgehead atoms. The molecule has 0 fully saturated rings. The van der Waals surface area contributed by atoms with Crippen LogP contribution in [0.3, 0.4) is 0 Å². The van der Waals surface area contributed by atoms with E-state index in [2.05, 4.69) is 35.1 Å². The summed E-state index contributed by atoms with van der Waals surface area (Å²) < 4.78 is 19.8. The van der Waals surface area contributed by atoms with Crippen molar-refractivity contribution in [1.29, 1.82) is 0 Å². The highest BCUT2D eigenvalue weighted by atomic mass is 79.9. The van der Waals surface area contributed by atoms with Gasteiger partial charge in [-0.1, -0.05) is 20.3 Å². The van der Waals surface area contributed by atoms with E-state index in [9.17, 15) is 4.39 Å². The molecule has 0 aliphatic heterocycles. The number of hydrogen-bond donors (Lipinski definition) is 1. The normalized spacial score (nSPS) is 13.1. The van der Waals surface area contributed by atoms with E-state index < -0.39 is 0 Å². The molecule has 0 spiro atoms. The average molecular weight is 314 g/mol. The Kier molecular flexibility index (Phi) is 4.40. The van der Waals surface area contributed by atoms with Crippen LogP contribution in [0, 0.1) is 5.82 Å². The molecule has 0 aliphatic rings. The maximum Gasteiger partial charge on any atom is 0.148 e. The van der Waals surface area contributed by atoms with Crippen LogP contribution >= 0.6 is 15.9 Å². The van der Waals surface area contributed by atoms with E-state index in [-0.39, 0.29) is 11.9 Å². The smallest absolute Gasteiger partial charge is 0.148 e. The molecule has 1 aromatic heterocycles. The Morgan fingerprint density at radius 1 is 1.33 bits per heavy atom. The fraction of sp³-hybridized carbons (Fsp3) is 0.429. The second kappa shape index (κ2) is 5.85. The SMILES string of the molecule is CCCC(NCC)c1cc2cc(F)cc(Br)c2o1. The first kappa shape index (κ1) is 13.6. The molecule has 0 radical (unpaired) electrons. The maximum absolute atomic E-state index is 13.3. The van der Waals surface area contributed by atoms with E-state index in [1.54, 1.807) is 0 Å².